The van der Waals surface area contributed by atoms with E-state index in [2.05, 4.69) is 20.8 Å². The Morgan fingerprint density at radius 2 is 1.80 bits per heavy atom. The van der Waals surface area contributed by atoms with Crippen LogP contribution in [0.15, 0.2) is 54.6 Å². The molecule has 2 N–H and O–H groups in total. The van der Waals surface area contributed by atoms with Crippen molar-refractivity contribution in [2.45, 2.75) is 13.5 Å². The van der Waals surface area contributed by atoms with Gasteiger partial charge in [0.05, 0.1) is 6.54 Å². The Bertz CT molecular complexity index is 893. The summed E-state index contributed by atoms with van der Waals surface area (Å²) in [7, 11) is 0. The zero-order valence-electron chi connectivity index (χ0n) is 13.5. The van der Waals surface area contributed by atoms with Crippen LogP contribution in [0.1, 0.15) is 30.7 Å². The van der Waals surface area contributed by atoms with Crippen molar-refractivity contribution >= 4 is 28.8 Å². The molecular formula is C18H16N4O2S. The highest BCUT2D eigenvalue weighted by atomic mass is 32.1. The lowest BCUT2D eigenvalue weighted by atomic mass is 10.1. The minimum absolute atomic E-state index is 0.186. The van der Waals surface area contributed by atoms with Gasteiger partial charge in [0, 0.05) is 11.3 Å². The zero-order valence-corrected chi connectivity index (χ0v) is 14.3. The van der Waals surface area contributed by atoms with Crippen molar-refractivity contribution in [2.75, 3.05) is 5.32 Å². The minimum Gasteiger partial charge on any atom is -0.345 e. The fraction of sp³-hybridized carbons (Fsp3) is 0.111. The Hall–Kier alpha value is -3.06. The third-order valence-electron chi connectivity index (χ3n) is 3.37. The number of rotatable bonds is 5. The number of anilines is 1. The number of hydrogen-bond donors (Lipinski definition) is 2. The van der Waals surface area contributed by atoms with E-state index in [0.29, 0.717) is 16.3 Å². The molecule has 6 nitrogen and oxygen atoms in total. The number of nitrogens with one attached hydrogen (secondary N) is 2. The molecule has 0 bridgehead atoms. The standard InChI is InChI=1S/C18H16N4O2S/c1-12-6-5-7-13(10-12)16(23)19-11-15-21-22-18(25-15)17(24)20-14-8-3-2-4-9-14/h2-10H,11H2,1H3,(H,19,23)(H,20,24). The number of carbonyl (C=O) groups is 2. The van der Waals surface area contributed by atoms with Gasteiger partial charge in [-0.1, -0.05) is 47.2 Å². The molecular weight excluding hydrogens is 336 g/mol. The Kier molecular flexibility index (Phi) is 5.15. The summed E-state index contributed by atoms with van der Waals surface area (Å²) in [4.78, 5) is 24.3. The topological polar surface area (TPSA) is 84.0 Å². The van der Waals surface area contributed by atoms with Gasteiger partial charge >= 0.3 is 0 Å². The number of para-hydroxylation sites is 1. The second-order valence-corrected chi connectivity index (χ2v) is 6.44. The average molecular weight is 352 g/mol. The summed E-state index contributed by atoms with van der Waals surface area (Å²) in [6, 6.07) is 16.5. The molecule has 0 radical (unpaired) electrons. The second kappa shape index (κ2) is 7.67. The van der Waals surface area contributed by atoms with Crippen LogP contribution >= 0.6 is 11.3 Å². The summed E-state index contributed by atoms with van der Waals surface area (Å²) in [5, 5.41) is 14.2. The molecule has 0 aliphatic rings. The summed E-state index contributed by atoms with van der Waals surface area (Å²) < 4.78 is 0. The first-order valence-electron chi connectivity index (χ1n) is 7.65. The maximum absolute atomic E-state index is 12.1. The van der Waals surface area contributed by atoms with Gasteiger partial charge in [0.2, 0.25) is 5.01 Å². The van der Waals surface area contributed by atoms with E-state index in [0.717, 1.165) is 16.9 Å². The SMILES string of the molecule is Cc1cccc(C(=O)NCc2nnc(C(=O)Nc3ccccc3)s2)c1. The molecule has 1 heterocycles. The van der Waals surface area contributed by atoms with Gasteiger partial charge in [-0.25, -0.2) is 0 Å². The number of benzene rings is 2. The largest absolute Gasteiger partial charge is 0.345 e. The second-order valence-electron chi connectivity index (χ2n) is 5.37. The Balaban J connectivity index is 1.58. The maximum Gasteiger partial charge on any atom is 0.286 e. The van der Waals surface area contributed by atoms with E-state index < -0.39 is 0 Å². The quantitative estimate of drug-likeness (QED) is 0.739. The van der Waals surface area contributed by atoms with Gasteiger partial charge in [-0.2, -0.15) is 0 Å². The van der Waals surface area contributed by atoms with Gasteiger partial charge in [-0.05, 0) is 31.2 Å². The summed E-state index contributed by atoms with van der Waals surface area (Å²) >= 11 is 1.15. The van der Waals surface area contributed by atoms with Crippen molar-refractivity contribution in [3.05, 3.63) is 75.7 Å². The van der Waals surface area contributed by atoms with Crippen molar-refractivity contribution < 1.29 is 9.59 Å². The lowest BCUT2D eigenvalue weighted by Crippen LogP contribution is -2.22. The van der Waals surface area contributed by atoms with Crippen molar-refractivity contribution in [2.24, 2.45) is 0 Å². The first-order valence-corrected chi connectivity index (χ1v) is 8.47. The summed E-state index contributed by atoms with van der Waals surface area (Å²) in [5.74, 6) is -0.505. The number of amides is 2. The Morgan fingerprint density at radius 1 is 1.00 bits per heavy atom. The van der Waals surface area contributed by atoms with Crippen LogP contribution in [0.4, 0.5) is 5.69 Å². The fourth-order valence-corrected chi connectivity index (χ4v) is 2.84. The zero-order chi connectivity index (χ0) is 17.6. The number of hydrogen-bond acceptors (Lipinski definition) is 5. The lowest BCUT2D eigenvalue weighted by molar-refractivity contribution is 0.0949. The first-order chi connectivity index (χ1) is 12.1. The van der Waals surface area contributed by atoms with E-state index in [-0.39, 0.29) is 23.4 Å². The molecule has 0 aliphatic carbocycles. The third kappa shape index (κ3) is 4.48. The number of aryl methyl sites for hydroxylation is 1. The van der Waals surface area contributed by atoms with E-state index in [1.807, 2.05) is 43.3 Å². The van der Waals surface area contributed by atoms with Gasteiger partial charge in [-0.3, -0.25) is 9.59 Å². The molecule has 25 heavy (non-hydrogen) atoms. The molecule has 0 unspecified atom stereocenters. The van der Waals surface area contributed by atoms with E-state index in [1.165, 1.54) is 0 Å². The molecule has 1 aromatic heterocycles. The molecule has 0 aliphatic heterocycles. The molecule has 3 rings (SSSR count). The highest BCUT2D eigenvalue weighted by Gasteiger charge is 2.14. The van der Waals surface area contributed by atoms with Crippen molar-refractivity contribution in [3.8, 4) is 0 Å². The summed E-state index contributed by atoms with van der Waals surface area (Å²) in [5.41, 5.74) is 2.30. The van der Waals surface area contributed by atoms with E-state index in [4.69, 9.17) is 0 Å². The van der Waals surface area contributed by atoms with Crippen molar-refractivity contribution in [1.29, 1.82) is 0 Å². The Labute approximate surface area is 148 Å². The predicted molar refractivity (Wildman–Crippen MR) is 96.7 cm³/mol. The lowest BCUT2D eigenvalue weighted by Gasteiger charge is -2.03. The smallest absolute Gasteiger partial charge is 0.286 e. The highest BCUT2D eigenvalue weighted by Crippen LogP contribution is 2.13. The molecule has 126 valence electrons. The van der Waals surface area contributed by atoms with Crippen LogP contribution in [0, 0.1) is 6.92 Å². The van der Waals surface area contributed by atoms with E-state index in [1.54, 1.807) is 18.2 Å². The van der Waals surface area contributed by atoms with E-state index in [9.17, 15) is 9.59 Å². The average Bonchev–Trinajstić information content (AvgIpc) is 3.10. The first kappa shape index (κ1) is 16.8. The summed E-state index contributed by atoms with van der Waals surface area (Å²) in [6.07, 6.45) is 0. The highest BCUT2D eigenvalue weighted by molar-refractivity contribution is 7.13. The molecule has 0 atom stereocenters. The van der Waals surface area contributed by atoms with Crippen LogP contribution in [0.5, 0.6) is 0 Å². The molecule has 2 aromatic carbocycles. The number of carbonyl (C=O) groups excluding carboxylic acids is 2. The molecule has 7 heteroatoms. The van der Waals surface area contributed by atoms with Crippen LogP contribution in [-0.2, 0) is 6.54 Å². The Morgan fingerprint density at radius 3 is 2.56 bits per heavy atom. The van der Waals surface area contributed by atoms with Crippen LogP contribution in [0.3, 0.4) is 0 Å². The number of aromatic nitrogens is 2. The fourth-order valence-electron chi connectivity index (χ4n) is 2.17. The van der Waals surface area contributed by atoms with Crippen molar-refractivity contribution in [3.63, 3.8) is 0 Å². The third-order valence-corrected chi connectivity index (χ3v) is 4.30. The van der Waals surface area contributed by atoms with Crippen LogP contribution in [0.25, 0.3) is 0 Å². The predicted octanol–water partition coefficient (Wildman–Crippen LogP) is 3.03. The van der Waals surface area contributed by atoms with E-state index >= 15 is 0 Å². The van der Waals surface area contributed by atoms with Gasteiger partial charge in [-0.15, -0.1) is 10.2 Å². The molecule has 0 spiro atoms. The maximum atomic E-state index is 12.1. The molecule has 3 aromatic rings. The minimum atomic E-state index is -0.319. The van der Waals surface area contributed by atoms with Gasteiger partial charge in [0.25, 0.3) is 11.8 Å². The molecule has 0 fully saturated rings. The van der Waals surface area contributed by atoms with Crippen molar-refractivity contribution in [1.82, 2.24) is 15.5 Å². The van der Waals surface area contributed by atoms with Gasteiger partial charge in [0.1, 0.15) is 5.01 Å². The molecule has 0 saturated heterocycles. The summed E-state index contributed by atoms with van der Waals surface area (Å²) in [6.45, 7) is 2.15. The van der Waals surface area contributed by atoms with Crippen LogP contribution < -0.4 is 10.6 Å². The monoisotopic (exact) mass is 352 g/mol. The van der Waals surface area contributed by atoms with Gasteiger partial charge in [0.15, 0.2) is 0 Å². The van der Waals surface area contributed by atoms with Crippen LogP contribution in [-0.4, -0.2) is 22.0 Å². The van der Waals surface area contributed by atoms with Crippen LogP contribution in [0.2, 0.25) is 0 Å². The number of nitrogens with zero attached hydrogens (tertiary/aromatic N) is 2. The molecule has 0 saturated carbocycles. The normalized spacial score (nSPS) is 10.3. The molecule has 2 amide bonds. The van der Waals surface area contributed by atoms with Gasteiger partial charge < -0.3 is 10.6 Å².